The second-order valence-electron chi connectivity index (χ2n) is 4.77. The van der Waals surface area contributed by atoms with Gasteiger partial charge in [0.2, 0.25) is 0 Å². The molecular weight excluding hydrogens is 234 g/mol. The second-order valence-corrected chi connectivity index (χ2v) is 5.13. The molecule has 0 spiro atoms. The molecule has 0 aliphatic heterocycles. The van der Waals surface area contributed by atoms with Gasteiger partial charge in [0.1, 0.15) is 17.3 Å². The first kappa shape index (κ1) is 12.6. The van der Waals surface area contributed by atoms with Gasteiger partial charge in [0.25, 0.3) is 0 Å². The molecule has 1 aliphatic carbocycles. The summed E-state index contributed by atoms with van der Waals surface area (Å²) >= 11 is 6.08. The van der Waals surface area contributed by atoms with Crippen molar-refractivity contribution in [3.63, 3.8) is 0 Å². The first-order chi connectivity index (χ1) is 8.24. The SMILES string of the molecule is CCc1c(Cl)ncnc1NC(CC)CC1CC1. The van der Waals surface area contributed by atoms with Gasteiger partial charge in [-0.1, -0.05) is 38.3 Å². The maximum atomic E-state index is 6.08. The van der Waals surface area contributed by atoms with Crippen LogP contribution < -0.4 is 5.32 Å². The number of hydrogen-bond donors (Lipinski definition) is 1. The van der Waals surface area contributed by atoms with Gasteiger partial charge in [-0.25, -0.2) is 9.97 Å². The Labute approximate surface area is 108 Å². The Balaban J connectivity index is 2.07. The smallest absolute Gasteiger partial charge is 0.137 e. The van der Waals surface area contributed by atoms with Crippen molar-refractivity contribution in [2.75, 3.05) is 5.32 Å². The summed E-state index contributed by atoms with van der Waals surface area (Å²) in [6.07, 6.45) is 7.56. The molecule has 0 aromatic carbocycles. The highest BCUT2D eigenvalue weighted by Crippen LogP contribution is 2.35. The van der Waals surface area contributed by atoms with Crippen molar-refractivity contribution in [1.29, 1.82) is 0 Å². The monoisotopic (exact) mass is 253 g/mol. The number of nitrogens with one attached hydrogen (secondary N) is 1. The zero-order valence-electron chi connectivity index (χ0n) is 10.5. The third-order valence-electron chi connectivity index (χ3n) is 3.39. The van der Waals surface area contributed by atoms with Crippen LogP contribution in [0.1, 0.15) is 45.1 Å². The van der Waals surface area contributed by atoms with Gasteiger partial charge in [0, 0.05) is 11.6 Å². The van der Waals surface area contributed by atoms with Gasteiger partial charge >= 0.3 is 0 Å². The number of aromatic nitrogens is 2. The van der Waals surface area contributed by atoms with E-state index in [-0.39, 0.29) is 0 Å². The molecule has 1 saturated carbocycles. The van der Waals surface area contributed by atoms with Crippen molar-refractivity contribution in [2.45, 2.75) is 52.0 Å². The van der Waals surface area contributed by atoms with Crippen LogP contribution in [0.5, 0.6) is 0 Å². The number of hydrogen-bond acceptors (Lipinski definition) is 3. The molecule has 1 aromatic heterocycles. The van der Waals surface area contributed by atoms with E-state index in [0.717, 1.165) is 30.1 Å². The molecule has 1 N–H and O–H groups in total. The van der Waals surface area contributed by atoms with Gasteiger partial charge < -0.3 is 5.32 Å². The quantitative estimate of drug-likeness (QED) is 0.786. The van der Waals surface area contributed by atoms with Crippen LogP contribution in [-0.2, 0) is 6.42 Å². The molecule has 2 rings (SSSR count). The standard InChI is InChI=1S/C13H20ClN3/c1-3-10(7-9-5-6-9)17-13-11(4-2)12(14)15-8-16-13/h8-10H,3-7H2,1-2H3,(H,15,16,17). The lowest BCUT2D eigenvalue weighted by Gasteiger charge is -2.19. The molecule has 94 valence electrons. The predicted molar refractivity (Wildman–Crippen MR) is 71.5 cm³/mol. The minimum Gasteiger partial charge on any atom is -0.367 e. The highest BCUT2D eigenvalue weighted by atomic mass is 35.5. The van der Waals surface area contributed by atoms with E-state index in [9.17, 15) is 0 Å². The molecular formula is C13H20ClN3. The fourth-order valence-corrected chi connectivity index (χ4v) is 2.37. The Morgan fingerprint density at radius 1 is 1.41 bits per heavy atom. The van der Waals surface area contributed by atoms with Crippen molar-refractivity contribution in [1.82, 2.24) is 9.97 Å². The van der Waals surface area contributed by atoms with Crippen LogP contribution in [0.25, 0.3) is 0 Å². The fraction of sp³-hybridized carbons (Fsp3) is 0.692. The van der Waals surface area contributed by atoms with E-state index >= 15 is 0 Å². The van der Waals surface area contributed by atoms with E-state index < -0.39 is 0 Å². The van der Waals surface area contributed by atoms with Gasteiger partial charge in [0.05, 0.1) is 0 Å². The molecule has 0 radical (unpaired) electrons. The molecule has 1 aromatic rings. The molecule has 1 aliphatic rings. The predicted octanol–water partition coefficient (Wildman–Crippen LogP) is 3.68. The minimum atomic E-state index is 0.513. The van der Waals surface area contributed by atoms with E-state index in [2.05, 4.69) is 29.1 Å². The highest BCUT2D eigenvalue weighted by molar-refractivity contribution is 6.30. The molecule has 17 heavy (non-hydrogen) atoms. The Kier molecular flexibility index (Phi) is 4.21. The zero-order chi connectivity index (χ0) is 12.3. The number of rotatable bonds is 6. The van der Waals surface area contributed by atoms with Gasteiger partial charge in [-0.15, -0.1) is 0 Å². The van der Waals surface area contributed by atoms with Crippen LogP contribution in [0, 0.1) is 5.92 Å². The molecule has 3 nitrogen and oxygen atoms in total. The molecule has 0 saturated heterocycles. The van der Waals surface area contributed by atoms with E-state index in [0.29, 0.717) is 11.2 Å². The van der Waals surface area contributed by atoms with Crippen molar-refractivity contribution in [3.05, 3.63) is 17.0 Å². The van der Waals surface area contributed by atoms with E-state index in [1.54, 1.807) is 0 Å². The first-order valence-corrected chi connectivity index (χ1v) is 6.88. The second kappa shape index (κ2) is 5.67. The maximum absolute atomic E-state index is 6.08. The highest BCUT2D eigenvalue weighted by Gasteiger charge is 2.25. The summed E-state index contributed by atoms with van der Waals surface area (Å²) in [4.78, 5) is 8.35. The maximum Gasteiger partial charge on any atom is 0.137 e. The first-order valence-electron chi connectivity index (χ1n) is 6.50. The van der Waals surface area contributed by atoms with Gasteiger partial charge in [-0.3, -0.25) is 0 Å². The third-order valence-corrected chi connectivity index (χ3v) is 3.72. The van der Waals surface area contributed by atoms with Gasteiger partial charge in [-0.05, 0) is 25.2 Å². The van der Waals surface area contributed by atoms with Crippen LogP contribution in [0.15, 0.2) is 6.33 Å². The summed E-state index contributed by atoms with van der Waals surface area (Å²) in [6.45, 7) is 4.30. The molecule has 1 heterocycles. The Hall–Kier alpha value is -0.830. The lowest BCUT2D eigenvalue weighted by Crippen LogP contribution is -2.21. The van der Waals surface area contributed by atoms with E-state index in [1.165, 1.54) is 25.6 Å². The van der Waals surface area contributed by atoms with Crippen LogP contribution in [0.3, 0.4) is 0 Å². The number of anilines is 1. The van der Waals surface area contributed by atoms with Crippen LogP contribution in [0.4, 0.5) is 5.82 Å². The van der Waals surface area contributed by atoms with E-state index in [4.69, 9.17) is 11.6 Å². The third kappa shape index (κ3) is 3.32. The molecule has 1 fully saturated rings. The van der Waals surface area contributed by atoms with Gasteiger partial charge in [0.15, 0.2) is 0 Å². The summed E-state index contributed by atoms with van der Waals surface area (Å²) < 4.78 is 0. The van der Waals surface area contributed by atoms with Crippen molar-refractivity contribution < 1.29 is 0 Å². The van der Waals surface area contributed by atoms with Crippen LogP contribution in [0.2, 0.25) is 5.15 Å². The summed E-state index contributed by atoms with van der Waals surface area (Å²) in [6, 6.07) is 0.513. The minimum absolute atomic E-state index is 0.513. The summed E-state index contributed by atoms with van der Waals surface area (Å²) in [5, 5.41) is 4.10. The summed E-state index contributed by atoms with van der Waals surface area (Å²) in [5.74, 6) is 1.84. The fourth-order valence-electron chi connectivity index (χ4n) is 2.11. The van der Waals surface area contributed by atoms with Crippen LogP contribution >= 0.6 is 11.6 Å². The molecule has 0 amide bonds. The van der Waals surface area contributed by atoms with Crippen molar-refractivity contribution in [3.8, 4) is 0 Å². The Bertz CT molecular complexity index is 377. The zero-order valence-corrected chi connectivity index (χ0v) is 11.3. The topological polar surface area (TPSA) is 37.8 Å². The lowest BCUT2D eigenvalue weighted by molar-refractivity contribution is 0.584. The molecule has 0 bridgehead atoms. The number of halogens is 1. The molecule has 1 atom stereocenters. The lowest BCUT2D eigenvalue weighted by atomic mass is 10.1. The Morgan fingerprint density at radius 2 is 2.18 bits per heavy atom. The van der Waals surface area contributed by atoms with Gasteiger partial charge in [-0.2, -0.15) is 0 Å². The van der Waals surface area contributed by atoms with Crippen LogP contribution in [-0.4, -0.2) is 16.0 Å². The largest absolute Gasteiger partial charge is 0.367 e. The average Bonchev–Trinajstić information content (AvgIpc) is 3.12. The summed E-state index contributed by atoms with van der Waals surface area (Å²) in [7, 11) is 0. The molecule has 4 heteroatoms. The molecule has 1 unspecified atom stereocenters. The average molecular weight is 254 g/mol. The van der Waals surface area contributed by atoms with Crippen molar-refractivity contribution in [2.24, 2.45) is 5.92 Å². The van der Waals surface area contributed by atoms with Crippen molar-refractivity contribution >= 4 is 17.4 Å². The summed E-state index contributed by atoms with van der Waals surface area (Å²) in [5.41, 5.74) is 1.03. The number of nitrogens with zero attached hydrogens (tertiary/aromatic N) is 2. The van der Waals surface area contributed by atoms with E-state index in [1.807, 2.05) is 0 Å². The Morgan fingerprint density at radius 3 is 2.76 bits per heavy atom. The normalized spacial score (nSPS) is 16.9.